The second kappa shape index (κ2) is 8.68. The number of nitrogens with zero attached hydrogens (tertiary/aromatic N) is 1. The molecule has 0 fully saturated rings. The van der Waals surface area contributed by atoms with E-state index in [9.17, 15) is 9.90 Å². The highest BCUT2D eigenvalue weighted by Crippen LogP contribution is 2.32. The summed E-state index contributed by atoms with van der Waals surface area (Å²) in [6.07, 6.45) is 3.36. The Labute approximate surface area is 151 Å². The number of aliphatic hydroxyl groups is 1. The molecule has 0 saturated carbocycles. The van der Waals surface area contributed by atoms with E-state index in [0.717, 1.165) is 36.9 Å². The molecular weight excluding hydrogens is 316 g/mol. The molecule has 1 aromatic carbocycles. The van der Waals surface area contributed by atoms with E-state index in [1.165, 1.54) is 5.56 Å². The molecule has 0 saturated heterocycles. The molecule has 1 amide bonds. The average molecular weight is 348 g/mol. The number of rotatable bonds is 6. The Balaban J connectivity index is 2.22. The molecule has 1 aliphatic heterocycles. The molecule has 5 heteroatoms. The number of fused-ring (bicyclic) bond motifs is 1. The SMILES string of the molecule is CCC(CCO)NCc1cccc2c1N(C(=O)OC(C)(C)C)CCC2. The van der Waals surface area contributed by atoms with E-state index in [-0.39, 0.29) is 18.7 Å². The molecule has 0 spiro atoms. The maximum atomic E-state index is 12.7. The largest absolute Gasteiger partial charge is 0.443 e. The van der Waals surface area contributed by atoms with Crippen molar-refractivity contribution in [3.63, 3.8) is 0 Å². The highest BCUT2D eigenvalue weighted by Gasteiger charge is 2.29. The zero-order valence-corrected chi connectivity index (χ0v) is 16.0. The molecule has 2 rings (SSSR count). The van der Waals surface area contributed by atoms with Crippen molar-refractivity contribution in [3.05, 3.63) is 29.3 Å². The summed E-state index contributed by atoms with van der Waals surface area (Å²) in [5.74, 6) is 0. The van der Waals surface area contributed by atoms with E-state index in [4.69, 9.17) is 4.74 Å². The third-order valence-electron chi connectivity index (χ3n) is 4.47. The Morgan fingerprint density at radius 3 is 2.80 bits per heavy atom. The maximum Gasteiger partial charge on any atom is 0.414 e. The van der Waals surface area contributed by atoms with Gasteiger partial charge in [0.2, 0.25) is 0 Å². The number of amides is 1. The lowest BCUT2D eigenvalue weighted by molar-refractivity contribution is 0.0577. The summed E-state index contributed by atoms with van der Waals surface area (Å²) in [6, 6.07) is 6.50. The van der Waals surface area contributed by atoms with Crippen LogP contribution in [0.3, 0.4) is 0 Å². The van der Waals surface area contributed by atoms with E-state index >= 15 is 0 Å². The number of nitrogens with one attached hydrogen (secondary N) is 1. The van der Waals surface area contributed by atoms with Gasteiger partial charge in [-0.15, -0.1) is 0 Å². The number of hydrogen-bond acceptors (Lipinski definition) is 4. The fourth-order valence-electron chi connectivity index (χ4n) is 3.24. The summed E-state index contributed by atoms with van der Waals surface area (Å²) in [7, 11) is 0. The molecular formula is C20H32N2O3. The third kappa shape index (κ3) is 5.44. The Morgan fingerprint density at radius 2 is 2.16 bits per heavy atom. The van der Waals surface area contributed by atoms with Crippen molar-refractivity contribution in [2.24, 2.45) is 0 Å². The molecule has 0 aliphatic carbocycles. The minimum atomic E-state index is -0.504. The Hall–Kier alpha value is -1.59. The van der Waals surface area contributed by atoms with E-state index in [1.807, 2.05) is 20.8 Å². The first-order valence-corrected chi connectivity index (χ1v) is 9.31. The van der Waals surface area contributed by atoms with E-state index < -0.39 is 5.60 Å². The molecule has 0 radical (unpaired) electrons. The number of carbonyl (C=O) groups excluding carboxylic acids is 1. The van der Waals surface area contributed by atoms with E-state index in [2.05, 4.69) is 30.4 Å². The van der Waals surface area contributed by atoms with Gasteiger partial charge < -0.3 is 15.2 Å². The van der Waals surface area contributed by atoms with Gasteiger partial charge in [0, 0.05) is 25.7 Å². The van der Waals surface area contributed by atoms with Gasteiger partial charge in [-0.05, 0) is 57.6 Å². The second-order valence-electron chi connectivity index (χ2n) is 7.66. The van der Waals surface area contributed by atoms with Crippen molar-refractivity contribution >= 4 is 11.8 Å². The van der Waals surface area contributed by atoms with Crippen molar-refractivity contribution in [1.29, 1.82) is 0 Å². The molecule has 140 valence electrons. The van der Waals surface area contributed by atoms with Crippen LogP contribution in [0.1, 0.15) is 58.1 Å². The zero-order valence-electron chi connectivity index (χ0n) is 16.0. The van der Waals surface area contributed by atoms with Gasteiger partial charge in [-0.2, -0.15) is 0 Å². The fraction of sp³-hybridized carbons (Fsp3) is 0.650. The monoisotopic (exact) mass is 348 g/mol. The number of ether oxygens (including phenoxy) is 1. The summed E-state index contributed by atoms with van der Waals surface area (Å²) in [4.78, 5) is 14.5. The highest BCUT2D eigenvalue weighted by molar-refractivity contribution is 5.90. The van der Waals surface area contributed by atoms with Crippen LogP contribution in [-0.4, -0.2) is 36.0 Å². The summed E-state index contributed by atoms with van der Waals surface area (Å²) in [5.41, 5.74) is 2.80. The third-order valence-corrected chi connectivity index (χ3v) is 4.47. The van der Waals surface area contributed by atoms with E-state index in [0.29, 0.717) is 13.1 Å². The van der Waals surface area contributed by atoms with Crippen LogP contribution in [0.4, 0.5) is 10.5 Å². The summed E-state index contributed by atoms with van der Waals surface area (Å²) in [5, 5.41) is 12.7. The van der Waals surface area contributed by atoms with Crippen LogP contribution in [0.5, 0.6) is 0 Å². The summed E-state index contributed by atoms with van der Waals surface area (Å²) >= 11 is 0. The fourth-order valence-corrected chi connectivity index (χ4v) is 3.24. The first kappa shape index (κ1) is 19.7. The number of anilines is 1. The van der Waals surface area contributed by atoms with Gasteiger partial charge in [-0.3, -0.25) is 4.90 Å². The van der Waals surface area contributed by atoms with Crippen LogP contribution < -0.4 is 10.2 Å². The molecule has 0 bridgehead atoms. The van der Waals surface area contributed by atoms with Crippen molar-refractivity contribution in [3.8, 4) is 0 Å². The molecule has 1 heterocycles. The number of hydrogen-bond donors (Lipinski definition) is 2. The molecule has 2 N–H and O–H groups in total. The van der Waals surface area contributed by atoms with Gasteiger partial charge in [0.15, 0.2) is 0 Å². The van der Waals surface area contributed by atoms with Crippen LogP contribution in [0.25, 0.3) is 0 Å². The lowest BCUT2D eigenvalue weighted by Crippen LogP contribution is -2.41. The van der Waals surface area contributed by atoms with Crippen molar-refractivity contribution in [2.75, 3.05) is 18.1 Å². The Bertz CT molecular complexity index is 581. The van der Waals surface area contributed by atoms with Gasteiger partial charge in [0.25, 0.3) is 0 Å². The first-order chi connectivity index (χ1) is 11.9. The molecule has 1 unspecified atom stereocenters. The number of carbonyl (C=O) groups is 1. The smallest absolute Gasteiger partial charge is 0.414 e. The van der Waals surface area contributed by atoms with Gasteiger partial charge in [-0.1, -0.05) is 25.1 Å². The van der Waals surface area contributed by atoms with Crippen LogP contribution in [0, 0.1) is 0 Å². The highest BCUT2D eigenvalue weighted by atomic mass is 16.6. The molecule has 1 atom stereocenters. The normalized spacial score (nSPS) is 15.6. The van der Waals surface area contributed by atoms with Crippen molar-refractivity contribution in [1.82, 2.24) is 5.32 Å². The lowest BCUT2D eigenvalue weighted by atomic mass is 9.97. The van der Waals surface area contributed by atoms with Crippen molar-refractivity contribution in [2.45, 2.75) is 71.6 Å². The summed E-state index contributed by atoms with van der Waals surface area (Å²) in [6.45, 7) is 9.34. The average Bonchev–Trinajstić information content (AvgIpc) is 2.56. The van der Waals surface area contributed by atoms with E-state index in [1.54, 1.807) is 4.90 Å². The van der Waals surface area contributed by atoms with Crippen LogP contribution in [0.2, 0.25) is 0 Å². The molecule has 5 nitrogen and oxygen atoms in total. The standard InChI is InChI=1S/C20H32N2O3/c1-5-17(11-13-23)21-14-16-9-6-8-15-10-7-12-22(18(15)16)19(24)25-20(2,3)4/h6,8-9,17,21,23H,5,7,10-14H2,1-4H3. The van der Waals surface area contributed by atoms with Gasteiger partial charge >= 0.3 is 6.09 Å². The van der Waals surface area contributed by atoms with Gasteiger partial charge in [-0.25, -0.2) is 4.79 Å². The number of aliphatic hydroxyl groups excluding tert-OH is 1. The number of para-hydroxylation sites is 1. The molecule has 1 aliphatic rings. The summed E-state index contributed by atoms with van der Waals surface area (Å²) < 4.78 is 5.61. The minimum absolute atomic E-state index is 0.183. The lowest BCUT2D eigenvalue weighted by Gasteiger charge is -2.33. The van der Waals surface area contributed by atoms with Crippen LogP contribution in [-0.2, 0) is 17.7 Å². The van der Waals surface area contributed by atoms with Gasteiger partial charge in [0.1, 0.15) is 5.60 Å². The zero-order chi connectivity index (χ0) is 18.4. The first-order valence-electron chi connectivity index (χ1n) is 9.31. The molecule has 1 aromatic rings. The quantitative estimate of drug-likeness (QED) is 0.824. The predicted octanol–water partition coefficient (Wildman–Crippen LogP) is 3.62. The maximum absolute atomic E-state index is 12.7. The Morgan fingerprint density at radius 1 is 1.40 bits per heavy atom. The number of benzene rings is 1. The second-order valence-corrected chi connectivity index (χ2v) is 7.66. The van der Waals surface area contributed by atoms with Crippen LogP contribution in [0.15, 0.2) is 18.2 Å². The molecule has 25 heavy (non-hydrogen) atoms. The minimum Gasteiger partial charge on any atom is -0.443 e. The van der Waals surface area contributed by atoms with Gasteiger partial charge in [0.05, 0.1) is 5.69 Å². The van der Waals surface area contributed by atoms with Crippen molar-refractivity contribution < 1.29 is 14.6 Å². The molecule has 0 aromatic heterocycles. The topological polar surface area (TPSA) is 61.8 Å². The van der Waals surface area contributed by atoms with Crippen LogP contribution >= 0.6 is 0 Å². The number of aryl methyl sites for hydroxylation is 1. The predicted molar refractivity (Wildman–Crippen MR) is 101 cm³/mol. The Kier molecular flexibility index (Phi) is 6.85.